The van der Waals surface area contributed by atoms with Gasteiger partial charge in [-0.1, -0.05) is 18.2 Å². The van der Waals surface area contributed by atoms with E-state index in [1.165, 1.54) is 0 Å². The van der Waals surface area contributed by atoms with Crippen LogP contribution in [0.3, 0.4) is 0 Å². The molecule has 1 saturated heterocycles. The van der Waals surface area contributed by atoms with Crippen molar-refractivity contribution in [2.45, 2.75) is 19.3 Å². The van der Waals surface area contributed by atoms with Gasteiger partial charge in [0.15, 0.2) is 0 Å². The van der Waals surface area contributed by atoms with Crippen LogP contribution in [0, 0.1) is 5.92 Å². The first-order valence-corrected chi connectivity index (χ1v) is 6.01. The lowest BCUT2D eigenvalue weighted by Crippen LogP contribution is -2.11. The highest BCUT2D eigenvalue weighted by atomic mass is 16.5. The minimum Gasteiger partial charge on any atom is -0.496 e. The molecule has 1 aliphatic heterocycles. The molecule has 1 heterocycles. The van der Waals surface area contributed by atoms with E-state index in [4.69, 9.17) is 9.47 Å². The van der Waals surface area contributed by atoms with Crippen LogP contribution >= 0.6 is 0 Å². The molecule has 1 fully saturated rings. The molecule has 0 aromatic heterocycles. The molecule has 1 aliphatic rings. The van der Waals surface area contributed by atoms with Gasteiger partial charge in [0.05, 0.1) is 7.11 Å². The summed E-state index contributed by atoms with van der Waals surface area (Å²) in [5, 5.41) is 0. The summed E-state index contributed by atoms with van der Waals surface area (Å²) in [4.78, 5) is 11.9. The van der Waals surface area contributed by atoms with Gasteiger partial charge in [0.25, 0.3) is 0 Å². The largest absolute Gasteiger partial charge is 0.496 e. The first kappa shape index (κ1) is 12.1. The summed E-state index contributed by atoms with van der Waals surface area (Å²) in [6.07, 6.45) is 2.09. The molecule has 1 unspecified atom stereocenters. The predicted octanol–water partition coefficient (Wildman–Crippen LogP) is 2.23. The van der Waals surface area contributed by atoms with Crippen LogP contribution in [0.1, 0.15) is 18.4 Å². The van der Waals surface area contributed by atoms with Gasteiger partial charge in [-0.2, -0.15) is 0 Å². The zero-order chi connectivity index (χ0) is 12.1. The average molecular weight is 234 g/mol. The Morgan fingerprint density at radius 1 is 1.47 bits per heavy atom. The molecule has 0 spiro atoms. The van der Waals surface area contributed by atoms with E-state index < -0.39 is 0 Å². The summed E-state index contributed by atoms with van der Waals surface area (Å²) in [5.41, 5.74) is 0.971. The maximum atomic E-state index is 11.9. The summed E-state index contributed by atoms with van der Waals surface area (Å²) in [6.45, 7) is 1.53. The second-order valence-electron chi connectivity index (χ2n) is 4.46. The molecular formula is C14H18O3. The molecule has 3 nitrogen and oxygen atoms in total. The molecule has 0 aliphatic carbocycles. The standard InChI is InChI=1S/C14H18O3/c1-16-14-5-3-2-4-12(14)9-13(15)8-11-6-7-17-10-11/h2-5,11H,6-10H2,1H3. The van der Waals surface area contributed by atoms with Crippen LogP contribution in [0.25, 0.3) is 0 Å². The van der Waals surface area contributed by atoms with Gasteiger partial charge < -0.3 is 9.47 Å². The van der Waals surface area contributed by atoms with Crippen LogP contribution in [0.4, 0.5) is 0 Å². The number of Topliss-reactive ketones (excluding diaryl/α,β-unsaturated/α-hetero) is 1. The number of hydrogen-bond acceptors (Lipinski definition) is 3. The van der Waals surface area contributed by atoms with E-state index in [9.17, 15) is 4.79 Å². The van der Waals surface area contributed by atoms with E-state index in [2.05, 4.69) is 0 Å². The van der Waals surface area contributed by atoms with Crippen molar-refractivity contribution in [3.63, 3.8) is 0 Å². The molecule has 0 saturated carbocycles. The minimum absolute atomic E-state index is 0.269. The third-order valence-corrected chi connectivity index (χ3v) is 3.12. The van der Waals surface area contributed by atoms with Gasteiger partial charge in [0.1, 0.15) is 11.5 Å². The number of ketones is 1. The van der Waals surface area contributed by atoms with Gasteiger partial charge in [-0.3, -0.25) is 4.79 Å². The SMILES string of the molecule is COc1ccccc1CC(=O)CC1CCOC1. The molecule has 2 rings (SSSR count). The highest BCUT2D eigenvalue weighted by molar-refractivity contribution is 5.81. The summed E-state index contributed by atoms with van der Waals surface area (Å²) in [6, 6.07) is 7.69. The highest BCUT2D eigenvalue weighted by Gasteiger charge is 2.19. The van der Waals surface area contributed by atoms with Crippen molar-refractivity contribution >= 4 is 5.78 Å². The van der Waals surface area contributed by atoms with Gasteiger partial charge in [0, 0.05) is 31.6 Å². The topological polar surface area (TPSA) is 35.5 Å². The van der Waals surface area contributed by atoms with Crippen LogP contribution in [0.15, 0.2) is 24.3 Å². The fourth-order valence-electron chi connectivity index (χ4n) is 2.20. The summed E-state index contributed by atoms with van der Waals surface area (Å²) in [7, 11) is 1.63. The lowest BCUT2D eigenvalue weighted by Gasteiger charge is -2.09. The molecule has 0 amide bonds. The predicted molar refractivity (Wildman–Crippen MR) is 65.2 cm³/mol. The molecular weight excluding hydrogens is 216 g/mol. The van der Waals surface area contributed by atoms with Crippen molar-refractivity contribution in [3.8, 4) is 5.75 Å². The van der Waals surface area contributed by atoms with Crippen molar-refractivity contribution in [3.05, 3.63) is 29.8 Å². The van der Waals surface area contributed by atoms with Gasteiger partial charge in [-0.05, 0) is 18.4 Å². The maximum Gasteiger partial charge on any atom is 0.137 e. The number of carbonyl (C=O) groups is 1. The Hall–Kier alpha value is -1.35. The van der Waals surface area contributed by atoms with E-state index in [1.54, 1.807) is 7.11 Å². The van der Waals surface area contributed by atoms with Crippen molar-refractivity contribution in [1.29, 1.82) is 0 Å². The first-order chi connectivity index (χ1) is 8.29. The second kappa shape index (κ2) is 5.82. The number of rotatable bonds is 5. The number of benzene rings is 1. The van der Waals surface area contributed by atoms with Crippen molar-refractivity contribution in [2.75, 3.05) is 20.3 Å². The van der Waals surface area contributed by atoms with E-state index >= 15 is 0 Å². The van der Waals surface area contributed by atoms with Crippen LogP contribution in [-0.2, 0) is 16.0 Å². The number of carbonyl (C=O) groups excluding carboxylic acids is 1. The lowest BCUT2D eigenvalue weighted by atomic mass is 9.97. The normalized spacial score (nSPS) is 19.2. The Morgan fingerprint density at radius 3 is 3.00 bits per heavy atom. The van der Waals surface area contributed by atoms with Gasteiger partial charge >= 0.3 is 0 Å². The van der Waals surface area contributed by atoms with Crippen molar-refractivity contribution < 1.29 is 14.3 Å². The molecule has 3 heteroatoms. The molecule has 0 N–H and O–H groups in total. The molecule has 92 valence electrons. The second-order valence-corrected chi connectivity index (χ2v) is 4.46. The van der Waals surface area contributed by atoms with Gasteiger partial charge in [0.2, 0.25) is 0 Å². The Bertz CT molecular complexity index is 381. The molecule has 17 heavy (non-hydrogen) atoms. The van der Waals surface area contributed by atoms with E-state index in [1.807, 2.05) is 24.3 Å². The summed E-state index contributed by atoms with van der Waals surface area (Å²) in [5.74, 6) is 1.48. The minimum atomic E-state index is 0.269. The Balaban J connectivity index is 1.92. The monoisotopic (exact) mass is 234 g/mol. The van der Waals surface area contributed by atoms with Gasteiger partial charge in [-0.25, -0.2) is 0 Å². The van der Waals surface area contributed by atoms with E-state index in [-0.39, 0.29) is 5.78 Å². The quantitative estimate of drug-likeness (QED) is 0.783. The maximum absolute atomic E-state index is 11.9. The number of hydrogen-bond donors (Lipinski definition) is 0. The summed E-state index contributed by atoms with van der Waals surface area (Å²) >= 11 is 0. The Labute approximate surface area is 102 Å². The fraction of sp³-hybridized carbons (Fsp3) is 0.500. The Morgan fingerprint density at radius 2 is 2.29 bits per heavy atom. The third kappa shape index (κ3) is 3.30. The first-order valence-electron chi connectivity index (χ1n) is 6.01. The summed E-state index contributed by atoms with van der Waals surface area (Å²) < 4.78 is 10.5. The van der Waals surface area contributed by atoms with Gasteiger partial charge in [-0.15, -0.1) is 0 Å². The molecule has 1 aromatic rings. The van der Waals surface area contributed by atoms with Crippen LogP contribution < -0.4 is 4.74 Å². The zero-order valence-electron chi connectivity index (χ0n) is 10.1. The lowest BCUT2D eigenvalue weighted by molar-refractivity contribution is -0.119. The molecule has 0 bridgehead atoms. The van der Waals surface area contributed by atoms with E-state index in [0.717, 1.165) is 30.9 Å². The van der Waals surface area contributed by atoms with Crippen molar-refractivity contribution in [2.24, 2.45) is 5.92 Å². The smallest absolute Gasteiger partial charge is 0.137 e. The van der Waals surface area contributed by atoms with Crippen LogP contribution in [-0.4, -0.2) is 26.1 Å². The third-order valence-electron chi connectivity index (χ3n) is 3.12. The molecule has 0 radical (unpaired) electrons. The molecule has 1 aromatic carbocycles. The van der Waals surface area contributed by atoms with Crippen LogP contribution in [0.2, 0.25) is 0 Å². The van der Waals surface area contributed by atoms with E-state index in [0.29, 0.717) is 18.8 Å². The average Bonchev–Trinajstić information content (AvgIpc) is 2.82. The Kier molecular flexibility index (Phi) is 4.15. The number of para-hydroxylation sites is 1. The zero-order valence-corrected chi connectivity index (χ0v) is 10.1. The van der Waals surface area contributed by atoms with Crippen LogP contribution in [0.5, 0.6) is 5.75 Å². The highest BCUT2D eigenvalue weighted by Crippen LogP contribution is 2.21. The fourth-order valence-corrected chi connectivity index (χ4v) is 2.20. The molecule has 1 atom stereocenters. The number of methoxy groups -OCH3 is 1. The number of ether oxygens (including phenoxy) is 2. The van der Waals surface area contributed by atoms with Crippen molar-refractivity contribution in [1.82, 2.24) is 0 Å².